The SMILES string of the molecule is Cc1ccccc1C1CC(=O)C(C2=N[C@H]3CCCC[C@@H]3N2)=C(O)C1. The minimum Gasteiger partial charge on any atom is -0.511 e. The van der Waals surface area contributed by atoms with Crippen LogP contribution in [0.4, 0.5) is 0 Å². The predicted molar refractivity (Wildman–Crippen MR) is 94.4 cm³/mol. The van der Waals surface area contributed by atoms with Crippen molar-refractivity contribution in [3.05, 3.63) is 46.7 Å². The summed E-state index contributed by atoms with van der Waals surface area (Å²) in [4.78, 5) is 17.5. The van der Waals surface area contributed by atoms with E-state index in [1.165, 1.54) is 18.4 Å². The van der Waals surface area contributed by atoms with Gasteiger partial charge in [0.05, 0.1) is 11.6 Å². The van der Waals surface area contributed by atoms with Crippen LogP contribution in [-0.2, 0) is 4.79 Å². The number of nitrogens with zero attached hydrogens (tertiary/aromatic N) is 1. The van der Waals surface area contributed by atoms with Gasteiger partial charge in [-0.1, -0.05) is 37.1 Å². The highest BCUT2D eigenvalue weighted by Gasteiger charge is 2.37. The zero-order chi connectivity index (χ0) is 16.7. The highest BCUT2D eigenvalue weighted by molar-refractivity contribution is 6.23. The Morgan fingerprint density at radius 2 is 1.96 bits per heavy atom. The van der Waals surface area contributed by atoms with E-state index in [1.807, 2.05) is 12.1 Å². The maximum absolute atomic E-state index is 12.8. The summed E-state index contributed by atoms with van der Waals surface area (Å²) in [6.45, 7) is 2.06. The summed E-state index contributed by atoms with van der Waals surface area (Å²) in [6, 6.07) is 8.74. The smallest absolute Gasteiger partial charge is 0.170 e. The van der Waals surface area contributed by atoms with E-state index < -0.39 is 0 Å². The molecule has 2 aliphatic carbocycles. The van der Waals surface area contributed by atoms with Crippen LogP contribution in [0.25, 0.3) is 0 Å². The number of aryl methyl sites for hydroxylation is 1. The predicted octanol–water partition coefficient (Wildman–Crippen LogP) is 3.57. The third-order valence-corrected chi connectivity index (χ3v) is 5.65. The average molecular weight is 324 g/mol. The lowest BCUT2D eigenvalue weighted by Crippen LogP contribution is -2.39. The number of rotatable bonds is 2. The van der Waals surface area contributed by atoms with Crippen molar-refractivity contribution in [2.24, 2.45) is 4.99 Å². The molecule has 0 radical (unpaired) electrons. The number of hydrogen-bond acceptors (Lipinski definition) is 4. The van der Waals surface area contributed by atoms with E-state index in [1.54, 1.807) is 0 Å². The van der Waals surface area contributed by atoms with Crippen LogP contribution in [0.3, 0.4) is 0 Å². The van der Waals surface area contributed by atoms with E-state index >= 15 is 0 Å². The molecule has 3 atom stereocenters. The fraction of sp³-hybridized carbons (Fsp3) is 0.500. The molecule has 1 fully saturated rings. The van der Waals surface area contributed by atoms with E-state index in [0.717, 1.165) is 18.4 Å². The number of hydrogen-bond donors (Lipinski definition) is 2. The van der Waals surface area contributed by atoms with Crippen LogP contribution >= 0.6 is 0 Å². The summed E-state index contributed by atoms with van der Waals surface area (Å²) in [5, 5.41) is 14.0. The Balaban J connectivity index is 1.60. The molecule has 0 bridgehead atoms. The van der Waals surface area contributed by atoms with Crippen LogP contribution in [0.15, 0.2) is 40.6 Å². The molecule has 0 spiro atoms. The highest BCUT2D eigenvalue weighted by atomic mass is 16.3. The Morgan fingerprint density at radius 3 is 2.71 bits per heavy atom. The number of allylic oxidation sites excluding steroid dienone is 1. The van der Waals surface area contributed by atoms with E-state index in [9.17, 15) is 9.90 Å². The molecule has 1 aromatic rings. The Kier molecular flexibility index (Phi) is 3.91. The van der Waals surface area contributed by atoms with E-state index in [2.05, 4.69) is 24.4 Å². The number of fused-ring (bicyclic) bond motifs is 1. The van der Waals surface area contributed by atoms with E-state index in [-0.39, 0.29) is 23.5 Å². The fourth-order valence-corrected chi connectivity index (χ4v) is 4.38. The molecule has 0 amide bonds. The standard InChI is InChI=1S/C20H24N2O2/c1-12-6-2-3-7-14(12)13-10-17(23)19(18(24)11-13)20-21-15-8-4-5-9-16(15)22-20/h2-3,6-7,13,15-16,23H,4-5,8-11H2,1H3,(H,21,22)/t13?,15-,16-/m0/s1. The van der Waals surface area contributed by atoms with Crippen LogP contribution < -0.4 is 5.32 Å². The second kappa shape index (κ2) is 6.08. The van der Waals surface area contributed by atoms with Gasteiger partial charge in [-0.3, -0.25) is 9.79 Å². The second-order valence-electron chi connectivity index (χ2n) is 7.29. The van der Waals surface area contributed by atoms with Crippen LogP contribution in [0, 0.1) is 6.92 Å². The number of carbonyl (C=O) groups is 1. The number of aliphatic hydroxyl groups excluding tert-OH is 1. The molecule has 126 valence electrons. The number of carbonyl (C=O) groups excluding carboxylic acids is 1. The number of nitrogens with one attached hydrogen (secondary N) is 1. The summed E-state index contributed by atoms with van der Waals surface area (Å²) >= 11 is 0. The summed E-state index contributed by atoms with van der Waals surface area (Å²) in [5.41, 5.74) is 2.77. The van der Waals surface area contributed by atoms with Crippen molar-refractivity contribution in [1.29, 1.82) is 0 Å². The molecule has 0 saturated heterocycles. The minimum atomic E-state index is 0.0110. The van der Waals surface area contributed by atoms with Crippen molar-refractivity contribution >= 4 is 11.6 Å². The number of aliphatic imine (C=N–C) groups is 1. The first-order valence-electron chi connectivity index (χ1n) is 8.99. The van der Waals surface area contributed by atoms with Crippen LogP contribution in [0.1, 0.15) is 55.6 Å². The minimum absolute atomic E-state index is 0.0110. The first-order chi connectivity index (χ1) is 11.6. The van der Waals surface area contributed by atoms with Crippen LogP contribution in [0.5, 0.6) is 0 Å². The molecule has 1 saturated carbocycles. The van der Waals surface area contributed by atoms with E-state index in [4.69, 9.17) is 4.99 Å². The van der Waals surface area contributed by atoms with Gasteiger partial charge in [-0.25, -0.2) is 0 Å². The molecule has 1 aliphatic heterocycles. The molecule has 0 aromatic heterocycles. The van der Waals surface area contributed by atoms with Gasteiger partial charge >= 0.3 is 0 Å². The molecule has 3 aliphatic rings. The normalized spacial score (nSPS) is 30.0. The largest absolute Gasteiger partial charge is 0.511 e. The topological polar surface area (TPSA) is 61.7 Å². The molecule has 4 heteroatoms. The summed E-state index contributed by atoms with van der Waals surface area (Å²) in [7, 11) is 0. The summed E-state index contributed by atoms with van der Waals surface area (Å²) in [6.07, 6.45) is 5.56. The van der Waals surface area contributed by atoms with Gasteiger partial charge in [-0.2, -0.15) is 0 Å². The zero-order valence-electron chi connectivity index (χ0n) is 14.1. The Bertz CT molecular complexity index is 735. The quantitative estimate of drug-likeness (QED) is 0.874. The van der Waals surface area contributed by atoms with Gasteiger partial charge in [-0.15, -0.1) is 0 Å². The zero-order valence-corrected chi connectivity index (χ0v) is 14.1. The third kappa shape index (κ3) is 2.64. The van der Waals surface area contributed by atoms with Gasteiger partial charge < -0.3 is 10.4 Å². The van der Waals surface area contributed by atoms with Gasteiger partial charge in [0.2, 0.25) is 0 Å². The van der Waals surface area contributed by atoms with Crippen LogP contribution in [-0.4, -0.2) is 28.8 Å². The molecule has 2 N–H and O–H groups in total. The second-order valence-corrected chi connectivity index (χ2v) is 7.29. The van der Waals surface area contributed by atoms with Gasteiger partial charge in [0.15, 0.2) is 5.78 Å². The Labute approximate surface area is 142 Å². The van der Waals surface area contributed by atoms with Gasteiger partial charge in [-0.05, 0) is 36.8 Å². The average Bonchev–Trinajstić information content (AvgIpc) is 2.98. The maximum Gasteiger partial charge on any atom is 0.170 e. The molecule has 1 unspecified atom stereocenters. The van der Waals surface area contributed by atoms with Crippen molar-refractivity contribution in [1.82, 2.24) is 5.32 Å². The van der Waals surface area contributed by atoms with Crippen molar-refractivity contribution in [3.8, 4) is 0 Å². The number of benzene rings is 1. The Morgan fingerprint density at radius 1 is 1.17 bits per heavy atom. The van der Waals surface area contributed by atoms with Crippen molar-refractivity contribution < 1.29 is 9.90 Å². The monoisotopic (exact) mass is 324 g/mol. The number of amidine groups is 1. The van der Waals surface area contributed by atoms with Crippen LogP contribution in [0.2, 0.25) is 0 Å². The molecule has 1 heterocycles. The molecular formula is C20H24N2O2. The van der Waals surface area contributed by atoms with Gasteiger partial charge in [0.25, 0.3) is 0 Å². The molecule has 4 rings (SSSR count). The van der Waals surface area contributed by atoms with Crippen molar-refractivity contribution in [3.63, 3.8) is 0 Å². The van der Waals surface area contributed by atoms with Gasteiger partial charge in [0.1, 0.15) is 11.6 Å². The number of ketones is 1. The number of aliphatic hydroxyl groups is 1. The molecule has 24 heavy (non-hydrogen) atoms. The Hall–Kier alpha value is -2.10. The van der Waals surface area contributed by atoms with Gasteiger partial charge in [0, 0.05) is 18.9 Å². The lowest BCUT2D eigenvalue weighted by atomic mass is 9.81. The summed E-state index contributed by atoms with van der Waals surface area (Å²) < 4.78 is 0. The molecular weight excluding hydrogens is 300 g/mol. The summed E-state index contributed by atoms with van der Waals surface area (Å²) in [5.74, 6) is 0.908. The van der Waals surface area contributed by atoms with E-state index in [0.29, 0.717) is 30.3 Å². The molecule has 1 aromatic carbocycles. The van der Waals surface area contributed by atoms with Crippen molar-refractivity contribution in [2.45, 2.75) is 63.5 Å². The maximum atomic E-state index is 12.8. The lowest BCUT2D eigenvalue weighted by molar-refractivity contribution is -0.116. The fourth-order valence-electron chi connectivity index (χ4n) is 4.38. The number of Topliss-reactive ketones (excluding diaryl/α,β-unsaturated/α-hetero) is 1. The first kappa shape index (κ1) is 15.4. The highest BCUT2D eigenvalue weighted by Crippen LogP contribution is 2.36. The third-order valence-electron chi connectivity index (χ3n) is 5.65. The lowest BCUT2D eigenvalue weighted by Gasteiger charge is -2.26. The molecule has 4 nitrogen and oxygen atoms in total. The van der Waals surface area contributed by atoms with Crippen molar-refractivity contribution in [2.75, 3.05) is 0 Å². The first-order valence-corrected chi connectivity index (χ1v) is 8.99.